The van der Waals surface area contributed by atoms with Crippen LogP contribution < -0.4 is 4.87 Å². The van der Waals surface area contributed by atoms with Crippen LogP contribution in [0.25, 0.3) is 16.3 Å². The number of benzene rings is 1. The molecule has 0 atom stereocenters. The normalized spacial score (nSPS) is 11.5. The number of aromatic nitrogens is 1. The molecule has 1 aromatic heterocycles. The molecule has 0 radical (unpaired) electrons. The van der Waals surface area contributed by atoms with Gasteiger partial charge in [0.15, 0.2) is 0 Å². The number of thiazole rings is 1. The molecule has 1 aromatic carbocycles. The Morgan fingerprint density at radius 2 is 2.33 bits per heavy atom. The number of halogens is 1. The molecular weight excluding hydrogens is 274 g/mol. The highest BCUT2D eigenvalue weighted by atomic mass is 79.9. The van der Waals surface area contributed by atoms with E-state index in [4.69, 9.17) is 0 Å². The molecule has 0 unspecified atom stereocenters. The van der Waals surface area contributed by atoms with Crippen LogP contribution in [0.4, 0.5) is 0 Å². The summed E-state index contributed by atoms with van der Waals surface area (Å²) in [7, 11) is 0. The SMILES string of the molecule is O=c1[nH]c2ccc(C=CCCBr)cc2s1. The Bertz CT molecular complexity index is 541. The summed E-state index contributed by atoms with van der Waals surface area (Å²) in [5, 5.41) is 0.975. The standard InChI is InChI=1S/C11H10BrNOS/c12-6-2-1-3-8-4-5-9-10(7-8)15-11(14)13-9/h1,3-5,7H,2,6H2,(H,13,14). The third-order valence-corrected chi connectivity index (χ3v) is 3.33. The van der Waals surface area contributed by atoms with Crippen molar-refractivity contribution in [2.24, 2.45) is 0 Å². The first-order valence-corrected chi connectivity index (χ1v) is 6.59. The van der Waals surface area contributed by atoms with E-state index >= 15 is 0 Å². The van der Waals surface area contributed by atoms with E-state index in [1.165, 1.54) is 11.3 Å². The summed E-state index contributed by atoms with van der Waals surface area (Å²) in [6, 6.07) is 5.99. The van der Waals surface area contributed by atoms with Crippen LogP contribution in [0, 0.1) is 0 Å². The van der Waals surface area contributed by atoms with E-state index in [0.717, 1.165) is 27.5 Å². The van der Waals surface area contributed by atoms with Crippen molar-refractivity contribution in [3.8, 4) is 0 Å². The van der Waals surface area contributed by atoms with Crippen LogP contribution in [0.5, 0.6) is 0 Å². The molecule has 15 heavy (non-hydrogen) atoms. The van der Waals surface area contributed by atoms with Gasteiger partial charge in [0.2, 0.25) is 0 Å². The smallest absolute Gasteiger partial charge is 0.305 e. The van der Waals surface area contributed by atoms with Gasteiger partial charge in [-0.3, -0.25) is 4.79 Å². The maximum Gasteiger partial charge on any atom is 0.305 e. The molecule has 0 saturated carbocycles. The Hall–Kier alpha value is -0.870. The number of hydrogen-bond acceptors (Lipinski definition) is 2. The van der Waals surface area contributed by atoms with Crippen molar-refractivity contribution in [3.05, 3.63) is 39.5 Å². The third kappa shape index (κ3) is 2.58. The fraction of sp³-hybridized carbons (Fsp3) is 0.182. The number of aromatic amines is 1. The van der Waals surface area contributed by atoms with Gasteiger partial charge in [0.25, 0.3) is 0 Å². The third-order valence-electron chi connectivity index (χ3n) is 2.03. The molecule has 0 saturated heterocycles. The largest absolute Gasteiger partial charge is 0.312 e. The van der Waals surface area contributed by atoms with Crippen molar-refractivity contribution >= 4 is 43.6 Å². The summed E-state index contributed by atoms with van der Waals surface area (Å²) in [6.45, 7) is 0. The predicted molar refractivity (Wildman–Crippen MR) is 69.9 cm³/mol. The summed E-state index contributed by atoms with van der Waals surface area (Å²) < 4.78 is 1.01. The van der Waals surface area contributed by atoms with Crippen LogP contribution in [-0.4, -0.2) is 10.3 Å². The number of H-pyrrole nitrogens is 1. The Balaban J connectivity index is 2.34. The van der Waals surface area contributed by atoms with E-state index in [0.29, 0.717) is 0 Å². The van der Waals surface area contributed by atoms with Gasteiger partial charge < -0.3 is 4.98 Å². The summed E-state index contributed by atoms with van der Waals surface area (Å²) in [4.78, 5) is 13.9. The second-order valence-electron chi connectivity index (χ2n) is 3.15. The second kappa shape index (κ2) is 4.77. The summed E-state index contributed by atoms with van der Waals surface area (Å²) >= 11 is 4.62. The molecule has 0 aliphatic carbocycles. The minimum absolute atomic E-state index is 0.00610. The van der Waals surface area contributed by atoms with Crippen LogP contribution in [-0.2, 0) is 0 Å². The van der Waals surface area contributed by atoms with Gasteiger partial charge in [-0.25, -0.2) is 0 Å². The van der Waals surface area contributed by atoms with E-state index in [9.17, 15) is 4.79 Å². The Kier molecular flexibility index (Phi) is 3.38. The molecule has 0 bridgehead atoms. The molecule has 0 aliphatic rings. The molecule has 0 fully saturated rings. The van der Waals surface area contributed by atoms with Gasteiger partial charge >= 0.3 is 4.87 Å². The molecule has 2 rings (SSSR count). The average molecular weight is 284 g/mol. The summed E-state index contributed by atoms with van der Waals surface area (Å²) in [5.41, 5.74) is 2.06. The van der Waals surface area contributed by atoms with Gasteiger partial charge in [0, 0.05) is 5.33 Å². The van der Waals surface area contributed by atoms with Crippen molar-refractivity contribution in [1.29, 1.82) is 0 Å². The number of nitrogens with one attached hydrogen (secondary N) is 1. The minimum Gasteiger partial charge on any atom is -0.312 e. The molecule has 0 amide bonds. The number of alkyl halides is 1. The zero-order valence-corrected chi connectivity index (χ0v) is 10.4. The van der Waals surface area contributed by atoms with Gasteiger partial charge in [-0.15, -0.1) is 0 Å². The van der Waals surface area contributed by atoms with Crippen LogP contribution >= 0.6 is 27.3 Å². The van der Waals surface area contributed by atoms with Crippen molar-refractivity contribution in [3.63, 3.8) is 0 Å². The predicted octanol–water partition coefficient (Wildman–Crippen LogP) is 3.39. The molecule has 1 heterocycles. The lowest BCUT2D eigenvalue weighted by Crippen LogP contribution is -1.89. The molecule has 2 nitrogen and oxygen atoms in total. The highest BCUT2D eigenvalue weighted by Crippen LogP contribution is 2.17. The number of allylic oxidation sites excluding steroid dienone is 1. The first-order chi connectivity index (χ1) is 7.29. The Morgan fingerprint density at radius 1 is 1.47 bits per heavy atom. The first-order valence-electron chi connectivity index (χ1n) is 4.65. The summed E-state index contributed by atoms with van der Waals surface area (Å²) in [5.74, 6) is 0. The Labute approximate surface area is 99.8 Å². The lowest BCUT2D eigenvalue weighted by molar-refractivity contribution is 1.27. The van der Waals surface area contributed by atoms with Crippen molar-refractivity contribution in [2.45, 2.75) is 6.42 Å². The average Bonchev–Trinajstić information content (AvgIpc) is 2.57. The lowest BCUT2D eigenvalue weighted by atomic mass is 10.2. The zero-order chi connectivity index (χ0) is 10.7. The van der Waals surface area contributed by atoms with E-state index in [-0.39, 0.29) is 4.87 Å². The van der Waals surface area contributed by atoms with Crippen molar-refractivity contribution in [2.75, 3.05) is 5.33 Å². The maximum atomic E-state index is 11.1. The van der Waals surface area contributed by atoms with E-state index in [1.54, 1.807) is 0 Å². The monoisotopic (exact) mass is 283 g/mol. The molecule has 2 aromatic rings. The van der Waals surface area contributed by atoms with Gasteiger partial charge in [0.05, 0.1) is 10.2 Å². The molecule has 0 aliphatic heterocycles. The van der Waals surface area contributed by atoms with E-state index in [2.05, 4.69) is 33.1 Å². The van der Waals surface area contributed by atoms with E-state index < -0.39 is 0 Å². The minimum atomic E-state index is 0.00610. The van der Waals surface area contributed by atoms with Crippen molar-refractivity contribution in [1.82, 2.24) is 4.98 Å². The molecule has 0 spiro atoms. The van der Waals surface area contributed by atoms with Crippen LogP contribution in [0.2, 0.25) is 0 Å². The number of rotatable bonds is 3. The van der Waals surface area contributed by atoms with Gasteiger partial charge in [-0.05, 0) is 24.1 Å². The summed E-state index contributed by atoms with van der Waals surface area (Å²) in [6.07, 6.45) is 5.21. The van der Waals surface area contributed by atoms with Crippen LogP contribution in [0.1, 0.15) is 12.0 Å². The fourth-order valence-corrected chi connectivity index (χ4v) is 2.40. The molecule has 1 N–H and O–H groups in total. The van der Waals surface area contributed by atoms with Crippen molar-refractivity contribution < 1.29 is 0 Å². The molecule has 78 valence electrons. The van der Waals surface area contributed by atoms with Gasteiger partial charge in [0.1, 0.15) is 0 Å². The molecular formula is C11H10BrNOS. The number of fused-ring (bicyclic) bond motifs is 1. The maximum absolute atomic E-state index is 11.1. The fourth-order valence-electron chi connectivity index (χ4n) is 1.35. The second-order valence-corrected chi connectivity index (χ2v) is 4.96. The quantitative estimate of drug-likeness (QED) is 0.861. The lowest BCUT2D eigenvalue weighted by Gasteiger charge is -1.93. The highest BCUT2D eigenvalue weighted by Gasteiger charge is 1.98. The topological polar surface area (TPSA) is 32.9 Å². The van der Waals surface area contributed by atoms with E-state index in [1.807, 2.05) is 18.2 Å². The zero-order valence-electron chi connectivity index (χ0n) is 8.00. The van der Waals surface area contributed by atoms with Crippen LogP contribution in [0.15, 0.2) is 29.1 Å². The Morgan fingerprint density at radius 3 is 3.13 bits per heavy atom. The highest BCUT2D eigenvalue weighted by molar-refractivity contribution is 9.09. The van der Waals surface area contributed by atoms with Gasteiger partial charge in [-0.2, -0.15) is 0 Å². The number of hydrogen-bond donors (Lipinski definition) is 1. The first kappa shape index (κ1) is 10.6. The molecule has 4 heteroatoms. The van der Waals surface area contributed by atoms with Crippen LogP contribution in [0.3, 0.4) is 0 Å². The van der Waals surface area contributed by atoms with Gasteiger partial charge in [-0.1, -0.05) is 45.5 Å².